The van der Waals surface area contributed by atoms with E-state index in [1.54, 1.807) is 6.20 Å². The Hall–Kier alpha value is -1.75. The molecule has 2 aromatic rings. The lowest BCUT2D eigenvalue weighted by Crippen LogP contribution is -2.22. The van der Waals surface area contributed by atoms with Gasteiger partial charge in [-0.3, -0.25) is 4.98 Å². The predicted octanol–water partition coefficient (Wildman–Crippen LogP) is 1.78. The molecule has 0 spiro atoms. The first kappa shape index (κ1) is 12.7. The second kappa shape index (κ2) is 5.27. The van der Waals surface area contributed by atoms with Crippen LogP contribution in [0.5, 0.6) is 0 Å². The second-order valence-electron chi connectivity index (χ2n) is 4.71. The van der Waals surface area contributed by atoms with Gasteiger partial charge in [0.1, 0.15) is 11.6 Å². The topological polar surface area (TPSA) is 55.6 Å². The highest BCUT2D eigenvalue weighted by Crippen LogP contribution is 2.10. The van der Waals surface area contributed by atoms with Crippen LogP contribution in [0, 0.1) is 13.8 Å². The van der Waals surface area contributed by atoms with Gasteiger partial charge in [0.15, 0.2) is 0 Å². The number of pyridine rings is 1. The van der Waals surface area contributed by atoms with E-state index in [0.717, 1.165) is 29.4 Å². The fourth-order valence-corrected chi connectivity index (χ4v) is 1.77. The number of aryl methyl sites for hydroxylation is 2. The molecule has 0 amide bonds. The zero-order valence-electron chi connectivity index (χ0n) is 11.3. The van der Waals surface area contributed by atoms with Crippen LogP contribution in [0.25, 0.3) is 5.69 Å². The molecule has 0 radical (unpaired) electrons. The highest BCUT2D eigenvalue weighted by Gasteiger charge is 2.06. The van der Waals surface area contributed by atoms with Crippen molar-refractivity contribution in [1.82, 2.24) is 25.1 Å². The van der Waals surface area contributed by atoms with E-state index in [9.17, 15) is 0 Å². The Morgan fingerprint density at radius 1 is 1.28 bits per heavy atom. The summed E-state index contributed by atoms with van der Waals surface area (Å²) in [5.74, 6) is 1.65. The van der Waals surface area contributed by atoms with E-state index in [-0.39, 0.29) is 0 Å². The molecule has 0 saturated heterocycles. The van der Waals surface area contributed by atoms with Crippen molar-refractivity contribution in [2.75, 3.05) is 0 Å². The van der Waals surface area contributed by atoms with Gasteiger partial charge >= 0.3 is 0 Å². The Labute approximate surface area is 107 Å². The minimum absolute atomic E-state index is 0.462. The zero-order chi connectivity index (χ0) is 13.1. The molecule has 5 heteroatoms. The van der Waals surface area contributed by atoms with Gasteiger partial charge in [0.25, 0.3) is 0 Å². The quantitative estimate of drug-likeness (QED) is 0.892. The van der Waals surface area contributed by atoms with E-state index in [4.69, 9.17) is 0 Å². The van der Waals surface area contributed by atoms with Gasteiger partial charge in [0.05, 0.1) is 11.9 Å². The molecule has 1 N–H and O–H groups in total. The fraction of sp³-hybridized carbons (Fsp3) is 0.462. The van der Waals surface area contributed by atoms with Gasteiger partial charge in [-0.05, 0) is 25.5 Å². The van der Waals surface area contributed by atoms with Gasteiger partial charge in [-0.25, -0.2) is 9.67 Å². The van der Waals surface area contributed by atoms with E-state index in [1.807, 2.05) is 24.7 Å². The molecule has 0 aliphatic heterocycles. The molecule has 0 aliphatic carbocycles. The smallest absolute Gasteiger partial charge is 0.148 e. The predicted molar refractivity (Wildman–Crippen MR) is 70.6 cm³/mol. The van der Waals surface area contributed by atoms with E-state index in [1.165, 1.54) is 0 Å². The number of hydrogen-bond acceptors (Lipinski definition) is 4. The number of aromatic nitrogens is 4. The molecule has 0 saturated carbocycles. The van der Waals surface area contributed by atoms with Crippen molar-refractivity contribution >= 4 is 0 Å². The van der Waals surface area contributed by atoms with Gasteiger partial charge < -0.3 is 5.32 Å². The summed E-state index contributed by atoms with van der Waals surface area (Å²) in [6.45, 7) is 8.90. The lowest BCUT2D eigenvalue weighted by Gasteiger charge is -2.09. The number of rotatable bonds is 4. The van der Waals surface area contributed by atoms with Crippen molar-refractivity contribution in [3.8, 4) is 5.69 Å². The fourth-order valence-electron chi connectivity index (χ4n) is 1.77. The van der Waals surface area contributed by atoms with Crippen molar-refractivity contribution in [2.45, 2.75) is 40.3 Å². The molecule has 0 atom stereocenters. The van der Waals surface area contributed by atoms with Gasteiger partial charge in [-0.2, -0.15) is 5.10 Å². The molecule has 0 fully saturated rings. The van der Waals surface area contributed by atoms with Gasteiger partial charge in [-0.1, -0.05) is 13.8 Å². The highest BCUT2D eigenvalue weighted by atomic mass is 15.3. The molecule has 0 bridgehead atoms. The lowest BCUT2D eigenvalue weighted by atomic mass is 10.2. The summed E-state index contributed by atoms with van der Waals surface area (Å²) in [6, 6.07) is 2.55. The van der Waals surface area contributed by atoms with Crippen LogP contribution in [0.3, 0.4) is 0 Å². The molecule has 5 nitrogen and oxygen atoms in total. The molecule has 0 aromatic carbocycles. The Balaban J connectivity index is 2.24. The first-order valence-electron chi connectivity index (χ1n) is 6.14. The third-order valence-electron chi connectivity index (χ3n) is 2.61. The standard InChI is InChI=1S/C13H19N5/c1-9(2)15-7-12-5-13(8-14-6-12)18-11(4)16-10(3)17-18/h5-6,8-9,15H,7H2,1-4H3. The van der Waals surface area contributed by atoms with Crippen LogP contribution in [0.4, 0.5) is 0 Å². The molecule has 2 heterocycles. The van der Waals surface area contributed by atoms with Gasteiger partial charge in [-0.15, -0.1) is 0 Å². The largest absolute Gasteiger partial charge is 0.310 e. The van der Waals surface area contributed by atoms with Crippen LogP contribution in [-0.2, 0) is 6.54 Å². The van der Waals surface area contributed by atoms with E-state index in [0.29, 0.717) is 6.04 Å². The van der Waals surface area contributed by atoms with Crippen LogP contribution in [0.15, 0.2) is 18.5 Å². The Kier molecular flexibility index (Phi) is 3.72. The molecule has 18 heavy (non-hydrogen) atoms. The zero-order valence-corrected chi connectivity index (χ0v) is 11.3. The van der Waals surface area contributed by atoms with E-state index in [2.05, 4.69) is 40.3 Å². The average molecular weight is 245 g/mol. The van der Waals surface area contributed by atoms with Crippen molar-refractivity contribution in [1.29, 1.82) is 0 Å². The summed E-state index contributed by atoms with van der Waals surface area (Å²) >= 11 is 0. The maximum absolute atomic E-state index is 4.36. The monoisotopic (exact) mass is 245 g/mol. The van der Waals surface area contributed by atoms with E-state index >= 15 is 0 Å². The highest BCUT2D eigenvalue weighted by molar-refractivity contribution is 5.32. The number of nitrogens with one attached hydrogen (secondary N) is 1. The Morgan fingerprint density at radius 3 is 2.67 bits per heavy atom. The summed E-state index contributed by atoms with van der Waals surface area (Å²) in [5, 5.41) is 7.74. The van der Waals surface area contributed by atoms with Crippen LogP contribution in [-0.4, -0.2) is 25.8 Å². The van der Waals surface area contributed by atoms with Crippen molar-refractivity contribution in [2.24, 2.45) is 0 Å². The Bertz CT molecular complexity index is 530. The molecular weight excluding hydrogens is 226 g/mol. The number of nitrogens with zero attached hydrogens (tertiary/aromatic N) is 4. The molecule has 0 unspecified atom stereocenters. The van der Waals surface area contributed by atoms with Gasteiger partial charge in [0.2, 0.25) is 0 Å². The summed E-state index contributed by atoms with van der Waals surface area (Å²) in [6.07, 6.45) is 3.68. The van der Waals surface area contributed by atoms with Gasteiger partial charge in [0, 0.05) is 18.8 Å². The molecular formula is C13H19N5. The maximum atomic E-state index is 4.36. The Morgan fingerprint density at radius 2 is 2.06 bits per heavy atom. The third kappa shape index (κ3) is 2.92. The van der Waals surface area contributed by atoms with Crippen LogP contribution in [0.2, 0.25) is 0 Å². The third-order valence-corrected chi connectivity index (χ3v) is 2.61. The SMILES string of the molecule is Cc1nc(C)n(-c2cncc(CNC(C)C)c2)n1. The van der Waals surface area contributed by atoms with Crippen molar-refractivity contribution in [3.63, 3.8) is 0 Å². The van der Waals surface area contributed by atoms with Crippen LogP contribution in [0.1, 0.15) is 31.1 Å². The van der Waals surface area contributed by atoms with Crippen molar-refractivity contribution in [3.05, 3.63) is 35.7 Å². The first-order chi connectivity index (χ1) is 8.56. The summed E-state index contributed by atoms with van der Waals surface area (Å²) in [7, 11) is 0. The van der Waals surface area contributed by atoms with E-state index < -0.39 is 0 Å². The molecule has 0 aliphatic rings. The van der Waals surface area contributed by atoms with Crippen LogP contribution >= 0.6 is 0 Å². The number of hydrogen-bond donors (Lipinski definition) is 1. The average Bonchev–Trinajstić information content (AvgIpc) is 2.66. The molecule has 96 valence electrons. The summed E-state index contributed by atoms with van der Waals surface area (Å²) in [5.41, 5.74) is 2.10. The normalized spacial score (nSPS) is 11.2. The van der Waals surface area contributed by atoms with Crippen LogP contribution < -0.4 is 5.32 Å². The minimum atomic E-state index is 0.462. The first-order valence-corrected chi connectivity index (χ1v) is 6.14. The lowest BCUT2D eigenvalue weighted by molar-refractivity contribution is 0.587. The minimum Gasteiger partial charge on any atom is -0.310 e. The van der Waals surface area contributed by atoms with Crippen molar-refractivity contribution < 1.29 is 0 Å². The maximum Gasteiger partial charge on any atom is 0.148 e. The second-order valence-corrected chi connectivity index (χ2v) is 4.71. The summed E-state index contributed by atoms with van der Waals surface area (Å²) in [4.78, 5) is 8.56. The molecule has 2 aromatic heterocycles. The molecule has 2 rings (SSSR count). The summed E-state index contributed by atoms with van der Waals surface area (Å²) < 4.78 is 1.82.